The molecule has 2 N–H and O–H groups in total. The Bertz CT molecular complexity index is 1270. The Labute approximate surface area is 208 Å². The van der Waals surface area contributed by atoms with Gasteiger partial charge in [-0.15, -0.1) is 0 Å². The summed E-state index contributed by atoms with van der Waals surface area (Å²) in [6.07, 6.45) is 0. The van der Waals surface area contributed by atoms with E-state index in [2.05, 4.69) is 10.6 Å². The number of hydrogen-bond acceptors (Lipinski definition) is 6. The molecule has 1 aliphatic heterocycles. The van der Waals surface area contributed by atoms with E-state index >= 15 is 0 Å². The fourth-order valence-electron chi connectivity index (χ4n) is 3.54. The van der Waals surface area contributed by atoms with E-state index in [-0.39, 0.29) is 29.5 Å². The molecule has 8 heteroatoms. The smallest absolute Gasteiger partial charge is 0.278 e. The Morgan fingerprint density at radius 2 is 1.49 bits per heavy atom. The summed E-state index contributed by atoms with van der Waals surface area (Å²) < 4.78 is 5.19. The Balaban J connectivity index is 1.55. The highest BCUT2D eigenvalue weighted by Crippen LogP contribution is 2.37. The third kappa shape index (κ3) is 5.38. The lowest BCUT2D eigenvalue weighted by molar-refractivity contribution is -0.139. The molecule has 7 nitrogen and oxygen atoms in total. The molecule has 3 aromatic rings. The third-order valence-corrected chi connectivity index (χ3v) is 6.41. The Morgan fingerprint density at radius 3 is 2.09 bits per heavy atom. The largest absolute Gasteiger partial charge is 0.497 e. The molecule has 0 atom stereocenters. The van der Waals surface area contributed by atoms with Crippen LogP contribution in [0.4, 0.5) is 11.4 Å². The van der Waals surface area contributed by atoms with E-state index in [1.807, 2.05) is 6.07 Å². The van der Waals surface area contributed by atoms with Crippen molar-refractivity contribution in [2.24, 2.45) is 0 Å². The number of nitrogens with zero attached hydrogens (tertiary/aromatic N) is 1. The molecular weight excluding hydrogens is 462 g/mol. The highest BCUT2D eigenvalue weighted by molar-refractivity contribution is 8.04. The summed E-state index contributed by atoms with van der Waals surface area (Å²) in [5, 5.41) is 5.97. The predicted octanol–water partition coefficient (Wildman–Crippen LogP) is 5.14. The molecule has 0 saturated carbocycles. The second-order valence-corrected chi connectivity index (χ2v) is 9.16. The number of carbonyl (C=O) groups excluding carboxylic acids is 3. The topological polar surface area (TPSA) is 87.7 Å². The lowest BCUT2D eigenvalue weighted by Gasteiger charge is -2.19. The lowest BCUT2D eigenvalue weighted by Crippen LogP contribution is -2.38. The molecule has 35 heavy (non-hydrogen) atoms. The summed E-state index contributed by atoms with van der Waals surface area (Å²) in [5.41, 5.74) is 2.10. The molecule has 0 aliphatic carbocycles. The summed E-state index contributed by atoms with van der Waals surface area (Å²) in [4.78, 5) is 41.0. The highest BCUT2D eigenvalue weighted by Gasteiger charge is 2.40. The Morgan fingerprint density at radius 1 is 0.857 bits per heavy atom. The number of methoxy groups -OCH3 is 1. The first-order chi connectivity index (χ1) is 16.9. The van der Waals surface area contributed by atoms with E-state index in [0.29, 0.717) is 27.6 Å². The van der Waals surface area contributed by atoms with Crippen LogP contribution in [0, 0.1) is 0 Å². The Kier molecular flexibility index (Phi) is 7.22. The quantitative estimate of drug-likeness (QED) is 0.428. The molecule has 0 saturated heterocycles. The molecule has 1 aliphatic rings. The SMILES string of the molecule is COc1ccc(NC2=C(Sc3ccc(NC(=O)c4ccccc4)cc3)C(=O)N(C(C)C)C2=O)cc1. The van der Waals surface area contributed by atoms with E-state index in [1.54, 1.807) is 93.8 Å². The molecule has 178 valence electrons. The average molecular weight is 488 g/mol. The van der Waals surface area contributed by atoms with Crippen molar-refractivity contribution < 1.29 is 19.1 Å². The van der Waals surface area contributed by atoms with Gasteiger partial charge in [-0.25, -0.2) is 0 Å². The number of carbonyl (C=O) groups is 3. The number of hydrogen-bond donors (Lipinski definition) is 2. The van der Waals surface area contributed by atoms with Crippen LogP contribution in [0.1, 0.15) is 24.2 Å². The van der Waals surface area contributed by atoms with Crippen LogP contribution in [-0.2, 0) is 9.59 Å². The summed E-state index contributed by atoms with van der Waals surface area (Å²) in [7, 11) is 1.58. The number of rotatable bonds is 8. The van der Waals surface area contributed by atoms with Gasteiger partial charge >= 0.3 is 0 Å². The van der Waals surface area contributed by atoms with Gasteiger partial charge in [-0.05, 0) is 74.5 Å². The summed E-state index contributed by atoms with van der Waals surface area (Å²) >= 11 is 1.21. The first-order valence-electron chi connectivity index (χ1n) is 11.0. The van der Waals surface area contributed by atoms with Crippen molar-refractivity contribution in [2.45, 2.75) is 24.8 Å². The molecule has 0 unspecified atom stereocenters. The van der Waals surface area contributed by atoms with Crippen molar-refractivity contribution in [3.8, 4) is 5.75 Å². The van der Waals surface area contributed by atoms with Crippen LogP contribution < -0.4 is 15.4 Å². The zero-order valence-corrected chi connectivity index (χ0v) is 20.4. The normalized spacial score (nSPS) is 13.4. The molecule has 0 bridgehead atoms. The van der Waals surface area contributed by atoms with Gasteiger partial charge in [-0.3, -0.25) is 19.3 Å². The van der Waals surface area contributed by atoms with Crippen molar-refractivity contribution >= 4 is 40.9 Å². The molecule has 4 rings (SSSR count). The first kappa shape index (κ1) is 24.1. The van der Waals surface area contributed by atoms with Gasteiger partial charge in [0.25, 0.3) is 17.7 Å². The Hall–Kier alpha value is -4.04. The van der Waals surface area contributed by atoms with Crippen LogP contribution in [0.5, 0.6) is 5.75 Å². The number of thioether (sulfide) groups is 1. The van der Waals surface area contributed by atoms with Gasteiger partial charge in [-0.1, -0.05) is 30.0 Å². The maximum atomic E-state index is 13.1. The number of anilines is 2. The summed E-state index contributed by atoms with van der Waals surface area (Å²) in [5.74, 6) is -0.220. The van der Waals surface area contributed by atoms with Crippen molar-refractivity contribution in [1.82, 2.24) is 4.90 Å². The van der Waals surface area contributed by atoms with Crippen LogP contribution in [0.25, 0.3) is 0 Å². The standard InChI is InChI=1S/C27H25N3O4S/c1-17(2)30-26(32)23(28-19-9-13-21(34-3)14-10-19)24(27(30)33)35-22-15-11-20(12-16-22)29-25(31)18-7-5-4-6-8-18/h4-17,28H,1-3H3,(H,29,31). The second kappa shape index (κ2) is 10.5. The van der Waals surface area contributed by atoms with Gasteiger partial charge < -0.3 is 15.4 Å². The second-order valence-electron chi connectivity index (χ2n) is 8.08. The van der Waals surface area contributed by atoms with Gasteiger partial charge in [0, 0.05) is 27.9 Å². The number of imide groups is 1. The van der Waals surface area contributed by atoms with Gasteiger partial charge in [-0.2, -0.15) is 0 Å². The van der Waals surface area contributed by atoms with E-state index in [9.17, 15) is 14.4 Å². The fraction of sp³-hybridized carbons (Fsp3) is 0.148. The minimum Gasteiger partial charge on any atom is -0.497 e. The van der Waals surface area contributed by atoms with Crippen LogP contribution in [0.15, 0.2) is 94.4 Å². The van der Waals surface area contributed by atoms with Crippen molar-refractivity contribution in [2.75, 3.05) is 17.7 Å². The molecular formula is C27H25N3O4S. The van der Waals surface area contributed by atoms with E-state index in [0.717, 1.165) is 4.90 Å². The highest BCUT2D eigenvalue weighted by atomic mass is 32.2. The molecule has 0 spiro atoms. The zero-order chi connectivity index (χ0) is 24.9. The summed E-state index contributed by atoms with van der Waals surface area (Å²) in [6.45, 7) is 3.61. The minimum atomic E-state index is -0.366. The lowest BCUT2D eigenvalue weighted by atomic mass is 10.2. The van der Waals surface area contributed by atoms with Gasteiger partial charge in [0.2, 0.25) is 0 Å². The van der Waals surface area contributed by atoms with E-state index < -0.39 is 0 Å². The van der Waals surface area contributed by atoms with Crippen molar-refractivity contribution in [3.63, 3.8) is 0 Å². The predicted molar refractivity (Wildman–Crippen MR) is 137 cm³/mol. The first-order valence-corrected chi connectivity index (χ1v) is 11.9. The maximum Gasteiger partial charge on any atom is 0.278 e. The number of amides is 3. The van der Waals surface area contributed by atoms with Crippen molar-refractivity contribution in [3.05, 3.63) is 95.0 Å². The van der Waals surface area contributed by atoms with Gasteiger partial charge in [0.05, 0.1) is 7.11 Å². The molecule has 0 fully saturated rings. The summed E-state index contributed by atoms with van der Waals surface area (Å²) in [6, 6.07) is 22.9. The monoisotopic (exact) mass is 487 g/mol. The number of benzene rings is 3. The number of ether oxygens (including phenoxy) is 1. The minimum absolute atomic E-state index is 0.205. The third-order valence-electron chi connectivity index (χ3n) is 5.32. The molecule has 0 radical (unpaired) electrons. The van der Waals surface area contributed by atoms with Crippen molar-refractivity contribution in [1.29, 1.82) is 0 Å². The molecule has 1 heterocycles. The van der Waals surface area contributed by atoms with Crippen LogP contribution in [0.2, 0.25) is 0 Å². The number of nitrogens with one attached hydrogen (secondary N) is 2. The van der Waals surface area contributed by atoms with Gasteiger partial charge in [0.1, 0.15) is 16.4 Å². The molecule has 3 aromatic carbocycles. The fourth-order valence-corrected chi connectivity index (χ4v) is 4.47. The maximum absolute atomic E-state index is 13.1. The van der Waals surface area contributed by atoms with Crippen LogP contribution in [0.3, 0.4) is 0 Å². The molecule has 3 amide bonds. The van der Waals surface area contributed by atoms with E-state index in [1.165, 1.54) is 16.7 Å². The molecule has 0 aromatic heterocycles. The average Bonchev–Trinajstić information content (AvgIpc) is 3.10. The zero-order valence-electron chi connectivity index (χ0n) is 19.6. The van der Waals surface area contributed by atoms with Gasteiger partial charge in [0.15, 0.2) is 0 Å². The van der Waals surface area contributed by atoms with E-state index in [4.69, 9.17) is 4.74 Å². The van der Waals surface area contributed by atoms with Crippen LogP contribution >= 0.6 is 11.8 Å². The van der Waals surface area contributed by atoms with Crippen LogP contribution in [-0.4, -0.2) is 35.8 Å².